The van der Waals surface area contributed by atoms with Crippen LogP contribution >= 0.6 is 11.8 Å². The molecule has 1 aliphatic rings. The van der Waals surface area contributed by atoms with Crippen molar-refractivity contribution >= 4 is 17.6 Å². The summed E-state index contributed by atoms with van der Waals surface area (Å²) in [6.45, 7) is 6.67. The fraction of sp³-hybridized carbons (Fsp3) is 0.538. The van der Waals surface area contributed by atoms with Crippen LogP contribution < -0.4 is 11.0 Å². The van der Waals surface area contributed by atoms with E-state index in [0.717, 1.165) is 35.8 Å². The zero-order valence-electron chi connectivity index (χ0n) is 12.3. The van der Waals surface area contributed by atoms with Crippen LogP contribution in [0.5, 0.6) is 0 Å². The van der Waals surface area contributed by atoms with Crippen LogP contribution in [0.3, 0.4) is 0 Å². The minimum absolute atomic E-state index is 0.143. The molecule has 21 heavy (non-hydrogen) atoms. The van der Waals surface area contributed by atoms with Crippen molar-refractivity contribution in [2.75, 3.05) is 11.9 Å². The van der Waals surface area contributed by atoms with Crippen LogP contribution in [0.25, 0.3) is 0 Å². The van der Waals surface area contributed by atoms with E-state index in [-0.39, 0.29) is 11.7 Å². The standard InChI is InChI=1S/C13H18N6OS/c1-4-14-10-7(2)11(16-8(3)15-10)21-13-18-17-12(20)19(13)9-5-6-9/h9H,4-6H2,1-3H3,(H,17,20)(H,14,15,16). The maximum Gasteiger partial charge on any atom is 0.344 e. The van der Waals surface area contributed by atoms with Gasteiger partial charge in [-0.2, -0.15) is 0 Å². The van der Waals surface area contributed by atoms with Crippen LogP contribution in [-0.4, -0.2) is 31.3 Å². The number of nitrogens with one attached hydrogen (secondary N) is 2. The van der Waals surface area contributed by atoms with Crippen LogP contribution in [0.15, 0.2) is 15.0 Å². The Morgan fingerprint density at radius 3 is 2.81 bits per heavy atom. The molecule has 8 heteroatoms. The number of H-pyrrole nitrogens is 1. The summed E-state index contributed by atoms with van der Waals surface area (Å²) >= 11 is 1.41. The highest BCUT2D eigenvalue weighted by Crippen LogP contribution is 2.38. The van der Waals surface area contributed by atoms with Crippen molar-refractivity contribution in [3.63, 3.8) is 0 Å². The Bertz CT molecular complexity index is 718. The van der Waals surface area contributed by atoms with E-state index in [9.17, 15) is 4.79 Å². The third kappa shape index (κ3) is 2.80. The minimum atomic E-state index is -0.143. The summed E-state index contributed by atoms with van der Waals surface area (Å²) in [5, 5.41) is 11.4. The molecule has 2 N–H and O–H groups in total. The van der Waals surface area contributed by atoms with Gasteiger partial charge in [-0.25, -0.2) is 19.9 Å². The smallest absolute Gasteiger partial charge is 0.344 e. The monoisotopic (exact) mass is 306 g/mol. The van der Waals surface area contributed by atoms with Gasteiger partial charge < -0.3 is 5.32 Å². The summed E-state index contributed by atoms with van der Waals surface area (Å²) in [7, 11) is 0. The van der Waals surface area contributed by atoms with Crippen molar-refractivity contribution in [3.05, 3.63) is 21.9 Å². The number of rotatable bonds is 5. The highest BCUT2D eigenvalue weighted by atomic mass is 32.2. The van der Waals surface area contributed by atoms with Gasteiger partial charge in [0.05, 0.1) is 0 Å². The minimum Gasteiger partial charge on any atom is -0.370 e. The Kier molecular flexibility index (Phi) is 3.71. The Balaban J connectivity index is 1.96. The quantitative estimate of drug-likeness (QED) is 0.820. The van der Waals surface area contributed by atoms with Crippen molar-refractivity contribution in [3.8, 4) is 0 Å². The Labute approximate surface area is 126 Å². The molecule has 1 fully saturated rings. The molecule has 1 saturated carbocycles. The topological polar surface area (TPSA) is 88.5 Å². The van der Waals surface area contributed by atoms with E-state index in [0.29, 0.717) is 11.0 Å². The van der Waals surface area contributed by atoms with Crippen LogP contribution in [-0.2, 0) is 0 Å². The van der Waals surface area contributed by atoms with Gasteiger partial charge in [0.25, 0.3) is 0 Å². The van der Waals surface area contributed by atoms with Crippen LogP contribution in [0.2, 0.25) is 0 Å². The van der Waals surface area contributed by atoms with E-state index in [1.165, 1.54) is 11.8 Å². The van der Waals surface area contributed by atoms with E-state index in [2.05, 4.69) is 25.5 Å². The number of hydrogen-bond donors (Lipinski definition) is 2. The largest absolute Gasteiger partial charge is 0.370 e. The molecule has 0 radical (unpaired) electrons. The highest BCUT2D eigenvalue weighted by molar-refractivity contribution is 7.99. The first-order chi connectivity index (χ1) is 10.1. The maximum atomic E-state index is 11.8. The van der Waals surface area contributed by atoms with Crippen LogP contribution in [0.4, 0.5) is 5.82 Å². The summed E-state index contributed by atoms with van der Waals surface area (Å²) < 4.78 is 1.73. The zero-order valence-corrected chi connectivity index (χ0v) is 13.1. The molecule has 2 aromatic heterocycles. The molecule has 112 valence electrons. The second-order valence-corrected chi connectivity index (χ2v) is 6.05. The number of nitrogens with zero attached hydrogens (tertiary/aromatic N) is 4. The van der Waals surface area contributed by atoms with E-state index in [4.69, 9.17) is 0 Å². The average molecular weight is 306 g/mol. The second kappa shape index (κ2) is 5.51. The Hall–Kier alpha value is -1.83. The number of anilines is 1. The van der Waals surface area contributed by atoms with E-state index in [1.807, 2.05) is 20.8 Å². The zero-order chi connectivity index (χ0) is 15.0. The molecule has 0 spiro atoms. The summed E-state index contributed by atoms with van der Waals surface area (Å²) in [4.78, 5) is 20.7. The number of aromatic amines is 1. The molecule has 0 bridgehead atoms. The lowest BCUT2D eigenvalue weighted by Crippen LogP contribution is -2.16. The third-order valence-electron chi connectivity index (χ3n) is 3.33. The molecule has 2 aromatic rings. The Morgan fingerprint density at radius 1 is 1.38 bits per heavy atom. The average Bonchev–Trinajstić information content (AvgIpc) is 3.20. The summed E-state index contributed by atoms with van der Waals surface area (Å²) in [6.07, 6.45) is 2.08. The molecule has 7 nitrogen and oxygen atoms in total. The van der Waals surface area contributed by atoms with Gasteiger partial charge >= 0.3 is 5.69 Å². The lowest BCUT2D eigenvalue weighted by molar-refractivity contribution is 0.642. The van der Waals surface area contributed by atoms with Gasteiger partial charge in [-0.05, 0) is 45.4 Å². The summed E-state index contributed by atoms with van der Waals surface area (Å²) in [5.74, 6) is 1.54. The summed E-state index contributed by atoms with van der Waals surface area (Å²) in [6, 6.07) is 0.287. The van der Waals surface area contributed by atoms with Gasteiger partial charge in [0.15, 0.2) is 5.16 Å². The van der Waals surface area contributed by atoms with E-state index < -0.39 is 0 Å². The van der Waals surface area contributed by atoms with E-state index in [1.54, 1.807) is 4.57 Å². The lowest BCUT2D eigenvalue weighted by Gasteiger charge is -2.11. The SMILES string of the molecule is CCNc1nc(C)nc(Sc2n[nH]c(=O)n2C2CC2)c1C. The number of aromatic nitrogens is 5. The Morgan fingerprint density at radius 2 is 2.14 bits per heavy atom. The highest BCUT2D eigenvalue weighted by Gasteiger charge is 2.29. The van der Waals surface area contributed by atoms with Gasteiger partial charge in [-0.1, -0.05) is 0 Å². The van der Waals surface area contributed by atoms with Gasteiger partial charge in [0, 0.05) is 18.2 Å². The van der Waals surface area contributed by atoms with Crippen molar-refractivity contribution in [1.82, 2.24) is 24.7 Å². The predicted molar refractivity (Wildman–Crippen MR) is 80.9 cm³/mol. The van der Waals surface area contributed by atoms with Crippen molar-refractivity contribution < 1.29 is 0 Å². The van der Waals surface area contributed by atoms with Crippen molar-refractivity contribution in [2.45, 2.75) is 49.8 Å². The van der Waals surface area contributed by atoms with Gasteiger partial charge in [-0.3, -0.25) is 4.57 Å². The van der Waals surface area contributed by atoms with Gasteiger partial charge in [0.2, 0.25) is 0 Å². The van der Waals surface area contributed by atoms with Gasteiger partial charge in [0.1, 0.15) is 16.7 Å². The molecule has 3 rings (SSSR count). The third-order valence-corrected chi connectivity index (χ3v) is 4.39. The second-order valence-electron chi connectivity index (χ2n) is 5.09. The first kappa shape index (κ1) is 14.1. The molecule has 0 aromatic carbocycles. The molecule has 0 saturated heterocycles. The first-order valence-corrected chi connectivity index (χ1v) is 7.85. The van der Waals surface area contributed by atoms with Gasteiger partial charge in [-0.15, -0.1) is 5.10 Å². The van der Waals surface area contributed by atoms with Crippen LogP contribution in [0.1, 0.15) is 37.2 Å². The fourth-order valence-corrected chi connectivity index (χ4v) is 3.17. The fourth-order valence-electron chi connectivity index (χ4n) is 2.15. The van der Waals surface area contributed by atoms with E-state index >= 15 is 0 Å². The summed E-state index contributed by atoms with van der Waals surface area (Å²) in [5.41, 5.74) is 0.834. The maximum absolute atomic E-state index is 11.8. The normalized spacial score (nSPS) is 14.4. The van der Waals surface area contributed by atoms with Crippen molar-refractivity contribution in [2.24, 2.45) is 0 Å². The first-order valence-electron chi connectivity index (χ1n) is 7.04. The molecule has 0 amide bonds. The van der Waals surface area contributed by atoms with Crippen LogP contribution in [0, 0.1) is 13.8 Å². The predicted octanol–water partition coefficient (Wildman–Crippen LogP) is 1.90. The number of hydrogen-bond acceptors (Lipinski definition) is 6. The molecular formula is C13H18N6OS. The molecule has 0 atom stereocenters. The molecule has 0 aliphatic heterocycles. The molecule has 1 aliphatic carbocycles. The van der Waals surface area contributed by atoms with Crippen molar-refractivity contribution in [1.29, 1.82) is 0 Å². The molecule has 0 unspecified atom stereocenters. The number of aryl methyl sites for hydroxylation is 1. The lowest BCUT2D eigenvalue weighted by atomic mass is 10.3. The molecular weight excluding hydrogens is 288 g/mol. The molecule has 2 heterocycles.